The topological polar surface area (TPSA) is 38.7 Å². The molecule has 3 nitrogen and oxygen atoms in total. The smallest absolute Gasteiger partial charge is 0.151 e. The lowest BCUT2D eigenvalue weighted by Crippen LogP contribution is -1.89. The highest BCUT2D eigenvalue weighted by atomic mass is 32.2. The molecule has 3 aromatic rings. The second-order valence-electron chi connectivity index (χ2n) is 3.40. The van der Waals surface area contributed by atoms with Gasteiger partial charge in [0.15, 0.2) is 4.34 Å². The number of rotatable bonds is 3. The summed E-state index contributed by atoms with van der Waals surface area (Å²) < 4.78 is 2.29. The molecule has 0 N–H and O–H groups in total. The van der Waals surface area contributed by atoms with E-state index in [0.29, 0.717) is 0 Å². The summed E-state index contributed by atoms with van der Waals surface area (Å²) in [6.45, 7) is 0. The van der Waals surface area contributed by atoms with Gasteiger partial charge in [0.25, 0.3) is 0 Å². The number of aromatic nitrogens is 3. The van der Waals surface area contributed by atoms with Gasteiger partial charge in [-0.3, -0.25) is 0 Å². The third-order valence-corrected chi connectivity index (χ3v) is 4.39. The van der Waals surface area contributed by atoms with Crippen LogP contribution >= 0.6 is 23.1 Å². The molecule has 0 spiro atoms. The summed E-state index contributed by atoms with van der Waals surface area (Å²) in [6.07, 6.45) is 3.53. The van der Waals surface area contributed by atoms with Crippen molar-refractivity contribution in [1.29, 1.82) is 0 Å². The fourth-order valence-electron chi connectivity index (χ4n) is 1.44. The SMILES string of the molecule is c1cnc(CSc2nc3ccccc3s2)nc1. The molecule has 1 aromatic carbocycles. The first kappa shape index (κ1) is 10.7. The zero-order valence-corrected chi connectivity index (χ0v) is 10.5. The monoisotopic (exact) mass is 259 g/mol. The summed E-state index contributed by atoms with van der Waals surface area (Å²) in [6, 6.07) is 10.0. The molecule has 0 unspecified atom stereocenters. The summed E-state index contributed by atoms with van der Waals surface area (Å²) in [5, 5.41) is 0. The Morgan fingerprint density at radius 2 is 1.88 bits per heavy atom. The zero-order valence-electron chi connectivity index (χ0n) is 8.91. The lowest BCUT2D eigenvalue weighted by molar-refractivity contribution is 1.03. The number of thioether (sulfide) groups is 1. The van der Waals surface area contributed by atoms with Crippen molar-refractivity contribution in [3.63, 3.8) is 0 Å². The van der Waals surface area contributed by atoms with E-state index in [9.17, 15) is 0 Å². The minimum absolute atomic E-state index is 0.765. The molecule has 0 bridgehead atoms. The maximum atomic E-state index is 4.55. The number of hydrogen-bond acceptors (Lipinski definition) is 5. The highest BCUT2D eigenvalue weighted by Gasteiger charge is 2.04. The maximum Gasteiger partial charge on any atom is 0.151 e. The van der Waals surface area contributed by atoms with Gasteiger partial charge < -0.3 is 0 Å². The number of benzene rings is 1. The molecule has 0 amide bonds. The van der Waals surface area contributed by atoms with Crippen LogP contribution in [0.5, 0.6) is 0 Å². The minimum atomic E-state index is 0.765. The molecule has 84 valence electrons. The van der Waals surface area contributed by atoms with E-state index in [0.717, 1.165) is 21.4 Å². The number of hydrogen-bond donors (Lipinski definition) is 0. The molecular formula is C12H9N3S2. The Bertz CT molecular complexity index is 589. The fraction of sp³-hybridized carbons (Fsp3) is 0.0833. The average Bonchev–Trinajstić information content (AvgIpc) is 2.80. The number of para-hydroxylation sites is 1. The Morgan fingerprint density at radius 3 is 2.71 bits per heavy atom. The Kier molecular flexibility index (Phi) is 3.02. The molecule has 2 aromatic heterocycles. The van der Waals surface area contributed by atoms with Gasteiger partial charge in [0.1, 0.15) is 5.82 Å². The van der Waals surface area contributed by atoms with E-state index in [2.05, 4.69) is 21.0 Å². The Hall–Kier alpha value is -1.46. The Labute approximate surface area is 107 Å². The predicted molar refractivity (Wildman–Crippen MR) is 71.2 cm³/mol. The zero-order chi connectivity index (χ0) is 11.5. The quantitative estimate of drug-likeness (QED) is 0.676. The van der Waals surface area contributed by atoms with Crippen LogP contribution in [-0.2, 0) is 5.75 Å². The van der Waals surface area contributed by atoms with Gasteiger partial charge in [-0.05, 0) is 18.2 Å². The molecule has 0 aliphatic rings. The highest BCUT2D eigenvalue weighted by molar-refractivity contribution is 8.00. The molecular weight excluding hydrogens is 250 g/mol. The first-order chi connectivity index (χ1) is 8.42. The normalized spacial score (nSPS) is 10.8. The second-order valence-corrected chi connectivity index (χ2v) is 5.65. The molecule has 0 radical (unpaired) electrons. The molecule has 17 heavy (non-hydrogen) atoms. The van der Waals surface area contributed by atoms with Crippen molar-refractivity contribution >= 4 is 33.3 Å². The summed E-state index contributed by atoms with van der Waals surface area (Å²) in [7, 11) is 0. The van der Waals surface area contributed by atoms with E-state index >= 15 is 0 Å². The maximum absolute atomic E-state index is 4.55. The van der Waals surface area contributed by atoms with E-state index < -0.39 is 0 Å². The van der Waals surface area contributed by atoms with Gasteiger partial charge in [0.2, 0.25) is 0 Å². The molecule has 2 heterocycles. The van der Waals surface area contributed by atoms with Crippen molar-refractivity contribution < 1.29 is 0 Å². The average molecular weight is 259 g/mol. The second kappa shape index (κ2) is 4.81. The van der Waals surface area contributed by atoms with Crippen LogP contribution in [0, 0.1) is 0 Å². The number of fused-ring (bicyclic) bond motifs is 1. The van der Waals surface area contributed by atoms with Crippen LogP contribution in [-0.4, -0.2) is 15.0 Å². The van der Waals surface area contributed by atoms with Crippen LogP contribution in [0.25, 0.3) is 10.2 Å². The van der Waals surface area contributed by atoms with Crippen molar-refractivity contribution in [2.75, 3.05) is 0 Å². The largest absolute Gasteiger partial charge is 0.240 e. The van der Waals surface area contributed by atoms with E-state index in [1.165, 1.54) is 4.70 Å². The summed E-state index contributed by atoms with van der Waals surface area (Å²) in [4.78, 5) is 12.9. The van der Waals surface area contributed by atoms with Crippen molar-refractivity contribution in [2.24, 2.45) is 0 Å². The molecule has 0 saturated carbocycles. The van der Waals surface area contributed by atoms with Crippen molar-refractivity contribution in [2.45, 2.75) is 10.1 Å². The van der Waals surface area contributed by atoms with Crippen LogP contribution in [0.2, 0.25) is 0 Å². The number of nitrogens with zero attached hydrogens (tertiary/aromatic N) is 3. The summed E-state index contributed by atoms with van der Waals surface area (Å²) in [5.74, 6) is 1.61. The lowest BCUT2D eigenvalue weighted by atomic mass is 10.3. The third kappa shape index (κ3) is 2.45. The molecule has 0 saturated heterocycles. The molecule has 0 fully saturated rings. The van der Waals surface area contributed by atoms with Gasteiger partial charge in [0, 0.05) is 12.4 Å². The van der Waals surface area contributed by atoms with Crippen LogP contribution in [0.3, 0.4) is 0 Å². The first-order valence-corrected chi connectivity index (χ1v) is 6.96. The standard InChI is InChI=1S/C12H9N3S2/c1-2-5-10-9(4-1)15-12(17-10)16-8-11-13-6-3-7-14-11/h1-7H,8H2. The summed E-state index contributed by atoms with van der Waals surface area (Å²) >= 11 is 3.39. The molecule has 0 aliphatic carbocycles. The van der Waals surface area contributed by atoms with E-state index in [-0.39, 0.29) is 0 Å². The van der Waals surface area contributed by atoms with Crippen LogP contribution in [0.15, 0.2) is 47.1 Å². The van der Waals surface area contributed by atoms with Crippen LogP contribution in [0.1, 0.15) is 5.82 Å². The van der Waals surface area contributed by atoms with E-state index in [1.807, 2.05) is 24.3 Å². The molecule has 5 heteroatoms. The first-order valence-electron chi connectivity index (χ1n) is 5.16. The summed E-state index contributed by atoms with van der Waals surface area (Å²) in [5.41, 5.74) is 1.06. The van der Waals surface area contributed by atoms with E-state index in [1.54, 1.807) is 35.5 Å². The van der Waals surface area contributed by atoms with Crippen molar-refractivity contribution in [3.05, 3.63) is 48.5 Å². The van der Waals surface area contributed by atoms with Gasteiger partial charge >= 0.3 is 0 Å². The number of thiazole rings is 1. The van der Waals surface area contributed by atoms with Gasteiger partial charge in [-0.1, -0.05) is 23.9 Å². The van der Waals surface area contributed by atoms with E-state index in [4.69, 9.17) is 0 Å². The molecule has 0 aliphatic heterocycles. The Balaban J connectivity index is 1.77. The van der Waals surface area contributed by atoms with Crippen LogP contribution < -0.4 is 0 Å². The van der Waals surface area contributed by atoms with Crippen molar-refractivity contribution in [3.8, 4) is 0 Å². The van der Waals surface area contributed by atoms with Crippen LogP contribution in [0.4, 0.5) is 0 Å². The van der Waals surface area contributed by atoms with Crippen molar-refractivity contribution in [1.82, 2.24) is 15.0 Å². The minimum Gasteiger partial charge on any atom is -0.240 e. The van der Waals surface area contributed by atoms with Gasteiger partial charge in [-0.25, -0.2) is 15.0 Å². The van der Waals surface area contributed by atoms with Gasteiger partial charge in [0.05, 0.1) is 16.0 Å². The lowest BCUT2D eigenvalue weighted by Gasteiger charge is -1.95. The Morgan fingerprint density at radius 1 is 1.06 bits per heavy atom. The molecule has 0 atom stereocenters. The third-order valence-electron chi connectivity index (χ3n) is 2.22. The highest BCUT2D eigenvalue weighted by Crippen LogP contribution is 2.30. The molecule has 3 rings (SSSR count). The fourth-order valence-corrected chi connectivity index (χ4v) is 3.39. The van der Waals surface area contributed by atoms with Gasteiger partial charge in [-0.2, -0.15) is 0 Å². The predicted octanol–water partition coefficient (Wildman–Crippen LogP) is 3.38. The van der Waals surface area contributed by atoms with Gasteiger partial charge in [-0.15, -0.1) is 11.3 Å².